The molecule has 2 rings (SSSR count). The molecule has 0 spiro atoms. The minimum Gasteiger partial charge on any atom is -0.381 e. The highest BCUT2D eigenvalue weighted by Gasteiger charge is 2.36. The summed E-state index contributed by atoms with van der Waals surface area (Å²) in [6.45, 7) is 2.35. The summed E-state index contributed by atoms with van der Waals surface area (Å²) in [5.41, 5.74) is -0.159. The number of nitriles is 1. The predicted octanol–water partition coefficient (Wildman–Crippen LogP) is 1.88. The number of ether oxygens (including phenoxy) is 2. The van der Waals surface area contributed by atoms with Gasteiger partial charge in [-0.2, -0.15) is 5.26 Å². The van der Waals surface area contributed by atoms with E-state index in [2.05, 4.69) is 6.07 Å². The van der Waals surface area contributed by atoms with Crippen molar-refractivity contribution in [1.82, 2.24) is 0 Å². The molecule has 0 saturated carbocycles. The van der Waals surface area contributed by atoms with Crippen LogP contribution >= 0.6 is 0 Å². The standard InChI is InChI=1S/C11H17NO2/c12-9-11(3-6-13-7-4-11)8-10-2-1-5-14-10/h10H,1-8H2. The molecule has 0 aromatic heterocycles. The Morgan fingerprint density at radius 2 is 2.07 bits per heavy atom. The molecule has 0 radical (unpaired) electrons. The Balaban J connectivity index is 1.93. The molecule has 1 atom stereocenters. The van der Waals surface area contributed by atoms with E-state index in [4.69, 9.17) is 9.47 Å². The molecule has 2 aliphatic rings. The Morgan fingerprint density at radius 1 is 1.29 bits per heavy atom. The van der Waals surface area contributed by atoms with Crippen LogP contribution in [0.2, 0.25) is 0 Å². The summed E-state index contributed by atoms with van der Waals surface area (Å²) >= 11 is 0. The van der Waals surface area contributed by atoms with Crippen molar-refractivity contribution in [1.29, 1.82) is 5.26 Å². The molecule has 78 valence electrons. The van der Waals surface area contributed by atoms with Crippen LogP contribution in [0.15, 0.2) is 0 Å². The summed E-state index contributed by atoms with van der Waals surface area (Å²) < 4.78 is 10.9. The first-order valence-corrected chi connectivity index (χ1v) is 5.45. The van der Waals surface area contributed by atoms with Crippen LogP contribution in [-0.2, 0) is 9.47 Å². The Labute approximate surface area is 85.0 Å². The first kappa shape index (κ1) is 9.95. The minimum atomic E-state index is -0.159. The summed E-state index contributed by atoms with van der Waals surface area (Å²) in [5, 5.41) is 9.24. The van der Waals surface area contributed by atoms with Crippen LogP contribution in [0.1, 0.15) is 32.1 Å². The van der Waals surface area contributed by atoms with E-state index in [9.17, 15) is 5.26 Å². The van der Waals surface area contributed by atoms with Crippen LogP contribution in [0, 0.1) is 16.7 Å². The van der Waals surface area contributed by atoms with Crippen molar-refractivity contribution in [2.45, 2.75) is 38.2 Å². The second-order valence-electron chi connectivity index (χ2n) is 4.34. The molecule has 1 unspecified atom stereocenters. The maximum atomic E-state index is 9.24. The van der Waals surface area contributed by atoms with E-state index in [0.717, 1.165) is 51.9 Å². The van der Waals surface area contributed by atoms with Gasteiger partial charge < -0.3 is 9.47 Å². The third-order valence-electron chi connectivity index (χ3n) is 3.33. The second-order valence-corrected chi connectivity index (χ2v) is 4.34. The molecule has 14 heavy (non-hydrogen) atoms. The quantitative estimate of drug-likeness (QED) is 0.675. The lowest BCUT2D eigenvalue weighted by atomic mass is 9.77. The van der Waals surface area contributed by atoms with Gasteiger partial charge in [-0.1, -0.05) is 0 Å². The zero-order chi connectivity index (χ0) is 9.86. The van der Waals surface area contributed by atoms with Crippen LogP contribution in [0.3, 0.4) is 0 Å². The van der Waals surface area contributed by atoms with E-state index in [0.29, 0.717) is 6.10 Å². The molecule has 0 N–H and O–H groups in total. The largest absolute Gasteiger partial charge is 0.381 e. The zero-order valence-electron chi connectivity index (χ0n) is 8.50. The third-order valence-corrected chi connectivity index (χ3v) is 3.33. The van der Waals surface area contributed by atoms with E-state index >= 15 is 0 Å². The van der Waals surface area contributed by atoms with Gasteiger partial charge in [0.1, 0.15) is 0 Å². The fourth-order valence-electron chi connectivity index (χ4n) is 2.36. The number of rotatable bonds is 2. The van der Waals surface area contributed by atoms with Gasteiger partial charge in [0.05, 0.1) is 17.6 Å². The van der Waals surface area contributed by atoms with Crippen LogP contribution in [0.5, 0.6) is 0 Å². The molecule has 0 amide bonds. The van der Waals surface area contributed by atoms with Gasteiger partial charge in [-0.05, 0) is 32.1 Å². The second kappa shape index (κ2) is 4.29. The number of hydrogen-bond acceptors (Lipinski definition) is 3. The maximum Gasteiger partial charge on any atom is 0.0692 e. The number of hydrogen-bond donors (Lipinski definition) is 0. The van der Waals surface area contributed by atoms with Gasteiger partial charge in [0.15, 0.2) is 0 Å². The third kappa shape index (κ3) is 2.08. The topological polar surface area (TPSA) is 42.2 Å². The Bertz CT molecular complexity index is 222. The summed E-state index contributed by atoms with van der Waals surface area (Å²) in [4.78, 5) is 0. The van der Waals surface area contributed by atoms with Crippen molar-refractivity contribution in [2.75, 3.05) is 19.8 Å². The van der Waals surface area contributed by atoms with Crippen molar-refractivity contribution in [3.63, 3.8) is 0 Å². The molecule has 0 bridgehead atoms. The molecule has 3 nitrogen and oxygen atoms in total. The van der Waals surface area contributed by atoms with E-state index in [1.807, 2.05) is 0 Å². The molecule has 2 heterocycles. The van der Waals surface area contributed by atoms with E-state index in [-0.39, 0.29) is 5.41 Å². The van der Waals surface area contributed by atoms with Crippen molar-refractivity contribution < 1.29 is 9.47 Å². The van der Waals surface area contributed by atoms with E-state index < -0.39 is 0 Å². The van der Waals surface area contributed by atoms with E-state index in [1.54, 1.807) is 0 Å². The van der Waals surface area contributed by atoms with Gasteiger partial charge >= 0.3 is 0 Å². The zero-order valence-corrected chi connectivity index (χ0v) is 8.50. The van der Waals surface area contributed by atoms with Gasteiger partial charge in [-0.3, -0.25) is 0 Å². The lowest BCUT2D eigenvalue weighted by Crippen LogP contribution is -2.31. The number of nitrogens with zero attached hydrogens (tertiary/aromatic N) is 1. The molecule has 2 saturated heterocycles. The minimum absolute atomic E-state index is 0.159. The molecule has 2 fully saturated rings. The SMILES string of the molecule is N#CC1(CC2CCCO2)CCOCC1. The van der Waals surface area contributed by atoms with Gasteiger partial charge in [-0.15, -0.1) is 0 Å². The van der Waals surface area contributed by atoms with Crippen LogP contribution < -0.4 is 0 Å². The fourth-order valence-corrected chi connectivity index (χ4v) is 2.36. The normalized spacial score (nSPS) is 31.2. The first-order chi connectivity index (χ1) is 6.85. The van der Waals surface area contributed by atoms with E-state index in [1.165, 1.54) is 0 Å². The van der Waals surface area contributed by atoms with Crippen molar-refractivity contribution in [3.8, 4) is 6.07 Å². The monoisotopic (exact) mass is 195 g/mol. The summed E-state index contributed by atoms with van der Waals surface area (Å²) in [6, 6.07) is 2.48. The Morgan fingerprint density at radius 3 is 2.64 bits per heavy atom. The summed E-state index contributed by atoms with van der Waals surface area (Å²) in [5.74, 6) is 0. The van der Waals surface area contributed by atoms with Gasteiger partial charge in [-0.25, -0.2) is 0 Å². The lowest BCUT2D eigenvalue weighted by Gasteiger charge is -2.32. The molecular formula is C11H17NO2. The molecule has 2 aliphatic heterocycles. The molecule has 0 aromatic carbocycles. The van der Waals surface area contributed by atoms with Crippen molar-refractivity contribution >= 4 is 0 Å². The first-order valence-electron chi connectivity index (χ1n) is 5.45. The smallest absolute Gasteiger partial charge is 0.0692 e. The average Bonchev–Trinajstić information content (AvgIpc) is 2.72. The van der Waals surface area contributed by atoms with Crippen LogP contribution in [0.4, 0.5) is 0 Å². The molecule has 0 aliphatic carbocycles. The Hall–Kier alpha value is -0.590. The van der Waals surface area contributed by atoms with Gasteiger partial charge in [0.2, 0.25) is 0 Å². The lowest BCUT2D eigenvalue weighted by molar-refractivity contribution is 0.00650. The highest BCUT2D eigenvalue weighted by Crippen LogP contribution is 2.37. The maximum absolute atomic E-state index is 9.24. The van der Waals surface area contributed by atoms with Crippen LogP contribution in [-0.4, -0.2) is 25.9 Å². The molecular weight excluding hydrogens is 178 g/mol. The highest BCUT2D eigenvalue weighted by atomic mass is 16.5. The molecule has 0 aromatic rings. The predicted molar refractivity (Wildman–Crippen MR) is 51.7 cm³/mol. The van der Waals surface area contributed by atoms with Crippen LogP contribution in [0.25, 0.3) is 0 Å². The van der Waals surface area contributed by atoms with Gasteiger partial charge in [0.25, 0.3) is 0 Å². The highest BCUT2D eigenvalue weighted by molar-refractivity contribution is 5.01. The Kier molecular flexibility index (Phi) is 3.05. The van der Waals surface area contributed by atoms with Gasteiger partial charge in [0, 0.05) is 19.8 Å². The summed E-state index contributed by atoms with van der Waals surface area (Å²) in [6.07, 6.45) is 5.28. The van der Waals surface area contributed by atoms with Crippen molar-refractivity contribution in [2.24, 2.45) is 5.41 Å². The molecule has 3 heteroatoms. The summed E-state index contributed by atoms with van der Waals surface area (Å²) in [7, 11) is 0. The average molecular weight is 195 g/mol. The van der Waals surface area contributed by atoms with Crippen molar-refractivity contribution in [3.05, 3.63) is 0 Å². The fraction of sp³-hybridized carbons (Fsp3) is 0.909.